The summed E-state index contributed by atoms with van der Waals surface area (Å²) in [6.45, 7) is 7.55. The van der Waals surface area contributed by atoms with Gasteiger partial charge in [0.25, 0.3) is 0 Å². The summed E-state index contributed by atoms with van der Waals surface area (Å²) in [7, 11) is 1.80. The van der Waals surface area contributed by atoms with Crippen LogP contribution < -0.4 is 15.4 Å². The normalized spacial score (nSPS) is 11.5. The van der Waals surface area contributed by atoms with Gasteiger partial charge in [0.05, 0.1) is 6.61 Å². The lowest BCUT2D eigenvalue weighted by molar-refractivity contribution is 0.303. The lowest BCUT2D eigenvalue weighted by atomic mass is 10.1. The van der Waals surface area contributed by atoms with Crippen LogP contribution in [0.25, 0.3) is 0 Å². The second kappa shape index (κ2) is 12.8. The van der Waals surface area contributed by atoms with E-state index in [1.54, 1.807) is 19.7 Å². The van der Waals surface area contributed by atoms with Gasteiger partial charge in [-0.1, -0.05) is 31.9 Å². The van der Waals surface area contributed by atoms with Crippen LogP contribution in [-0.2, 0) is 13.1 Å². The minimum absolute atomic E-state index is 0.684. The molecule has 154 valence electrons. The van der Waals surface area contributed by atoms with Crippen molar-refractivity contribution in [2.75, 3.05) is 20.2 Å². The molecule has 0 spiro atoms. The molecule has 2 rings (SSSR count). The van der Waals surface area contributed by atoms with Gasteiger partial charge in [0.2, 0.25) is 0 Å². The zero-order valence-electron chi connectivity index (χ0n) is 17.4. The number of guanidine groups is 1. The van der Waals surface area contributed by atoms with E-state index in [-0.39, 0.29) is 0 Å². The topological polar surface area (TPSA) is 76.4 Å². The second-order valence-corrected chi connectivity index (χ2v) is 6.93. The number of unbranched alkanes of at least 4 members (excludes halogenated alkanes) is 3. The van der Waals surface area contributed by atoms with Gasteiger partial charge in [-0.2, -0.15) is 0 Å². The predicted octanol–water partition coefficient (Wildman–Crippen LogP) is 3.30. The third-order valence-electron chi connectivity index (χ3n) is 4.50. The maximum absolute atomic E-state index is 6.02. The maximum Gasteiger partial charge on any atom is 0.191 e. The number of aryl methyl sites for hydroxylation is 2. The van der Waals surface area contributed by atoms with E-state index in [1.165, 1.54) is 18.4 Å². The number of benzene rings is 1. The van der Waals surface area contributed by atoms with E-state index >= 15 is 0 Å². The molecule has 0 saturated heterocycles. The van der Waals surface area contributed by atoms with E-state index in [1.807, 2.05) is 4.57 Å². The van der Waals surface area contributed by atoms with Crippen molar-refractivity contribution in [1.29, 1.82) is 0 Å². The molecule has 0 aliphatic carbocycles. The van der Waals surface area contributed by atoms with Gasteiger partial charge in [0, 0.05) is 32.2 Å². The molecule has 28 heavy (non-hydrogen) atoms. The largest absolute Gasteiger partial charge is 0.493 e. The Kier molecular flexibility index (Phi) is 9.89. The molecule has 2 N–H and O–H groups in total. The van der Waals surface area contributed by atoms with E-state index in [2.05, 4.69) is 57.9 Å². The van der Waals surface area contributed by atoms with Gasteiger partial charge < -0.3 is 19.9 Å². The van der Waals surface area contributed by atoms with Crippen molar-refractivity contribution in [3.63, 3.8) is 0 Å². The van der Waals surface area contributed by atoms with E-state index in [9.17, 15) is 0 Å². The predicted molar refractivity (Wildman–Crippen MR) is 114 cm³/mol. The molecular formula is C21H34N6O. The second-order valence-electron chi connectivity index (χ2n) is 6.93. The molecule has 0 radical (unpaired) electrons. The van der Waals surface area contributed by atoms with Crippen LogP contribution >= 0.6 is 0 Å². The Balaban J connectivity index is 1.74. The molecule has 0 saturated carbocycles. The van der Waals surface area contributed by atoms with Gasteiger partial charge in [-0.3, -0.25) is 4.99 Å². The van der Waals surface area contributed by atoms with Crippen LogP contribution in [0.3, 0.4) is 0 Å². The van der Waals surface area contributed by atoms with Crippen LogP contribution in [0.5, 0.6) is 5.75 Å². The van der Waals surface area contributed by atoms with Crippen LogP contribution in [0.2, 0.25) is 0 Å². The molecule has 1 heterocycles. The minimum atomic E-state index is 0.684. The highest BCUT2D eigenvalue weighted by Gasteiger charge is 2.06. The number of nitrogens with zero attached hydrogens (tertiary/aromatic N) is 4. The van der Waals surface area contributed by atoms with Crippen LogP contribution in [0.15, 0.2) is 35.8 Å². The lowest BCUT2D eigenvalue weighted by Gasteiger charge is -2.15. The fourth-order valence-corrected chi connectivity index (χ4v) is 2.84. The third kappa shape index (κ3) is 7.98. The van der Waals surface area contributed by atoms with Gasteiger partial charge in [0.15, 0.2) is 5.96 Å². The summed E-state index contributed by atoms with van der Waals surface area (Å²) >= 11 is 0. The summed E-state index contributed by atoms with van der Waals surface area (Å²) in [5, 5.41) is 14.4. The van der Waals surface area contributed by atoms with Gasteiger partial charge in [-0.15, -0.1) is 10.2 Å². The monoisotopic (exact) mass is 386 g/mol. The summed E-state index contributed by atoms with van der Waals surface area (Å²) in [6, 6.07) is 6.37. The molecule has 0 aliphatic heterocycles. The summed E-state index contributed by atoms with van der Waals surface area (Å²) in [5.41, 5.74) is 2.36. The fraction of sp³-hybridized carbons (Fsp3) is 0.571. The van der Waals surface area contributed by atoms with Gasteiger partial charge in [-0.25, -0.2) is 0 Å². The van der Waals surface area contributed by atoms with Crippen LogP contribution in [0.4, 0.5) is 0 Å². The Bertz CT molecular complexity index is 699. The molecule has 7 heteroatoms. The fourth-order valence-electron chi connectivity index (χ4n) is 2.84. The van der Waals surface area contributed by atoms with Crippen LogP contribution in [0.1, 0.15) is 50.2 Å². The quantitative estimate of drug-likeness (QED) is 0.332. The van der Waals surface area contributed by atoms with Crippen molar-refractivity contribution in [2.45, 2.75) is 59.0 Å². The molecule has 1 aromatic carbocycles. The molecule has 1 aromatic heterocycles. The Labute approximate surface area is 168 Å². The number of aromatic nitrogens is 3. The van der Waals surface area contributed by atoms with Crippen molar-refractivity contribution in [3.8, 4) is 5.75 Å². The average Bonchev–Trinajstić information content (AvgIpc) is 3.22. The molecule has 0 amide bonds. The zero-order valence-corrected chi connectivity index (χ0v) is 17.4. The van der Waals surface area contributed by atoms with Crippen molar-refractivity contribution >= 4 is 5.96 Å². The molecule has 0 aliphatic rings. The van der Waals surface area contributed by atoms with Crippen LogP contribution in [-0.4, -0.2) is 40.9 Å². The zero-order chi connectivity index (χ0) is 20.0. The average molecular weight is 387 g/mol. The van der Waals surface area contributed by atoms with Crippen molar-refractivity contribution in [1.82, 2.24) is 25.4 Å². The SMILES string of the molecule is CCCCCOc1cc(C)ccc1CNC(=NC)NCCCCn1cnnc1. The highest BCUT2D eigenvalue weighted by molar-refractivity contribution is 5.79. The van der Waals surface area contributed by atoms with Crippen molar-refractivity contribution in [2.24, 2.45) is 4.99 Å². The Morgan fingerprint density at radius 1 is 1.11 bits per heavy atom. The molecule has 0 atom stereocenters. The first-order chi connectivity index (χ1) is 13.7. The molecule has 7 nitrogen and oxygen atoms in total. The Morgan fingerprint density at radius 2 is 1.93 bits per heavy atom. The first kappa shape index (κ1) is 21.7. The number of nitrogens with one attached hydrogen (secondary N) is 2. The third-order valence-corrected chi connectivity index (χ3v) is 4.50. The molecule has 2 aromatic rings. The van der Waals surface area contributed by atoms with E-state index < -0.39 is 0 Å². The molecule has 0 fully saturated rings. The Hall–Kier alpha value is -2.57. The van der Waals surface area contributed by atoms with E-state index in [0.29, 0.717) is 6.54 Å². The number of ether oxygens (including phenoxy) is 1. The number of hydrogen-bond acceptors (Lipinski definition) is 4. The standard InChI is InChI=1S/C21H34N6O/c1-4-5-8-13-28-20-14-18(2)9-10-19(20)15-24-21(22-3)23-11-6-7-12-27-16-25-26-17-27/h9-10,14,16-17H,4-8,11-13,15H2,1-3H3,(H2,22,23,24). The number of aliphatic imine (C=N–C) groups is 1. The molecule has 0 bridgehead atoms. The number of rotatable bonds is 12. The van der Waals surface area contributed by atoms with Crippen molar-refractivity contribution < 1.29 is 4.74 Å². The van der Waals surface area contributed by atoms with E-state index in [4.69, 9.17) is 4.74 Å². The lowest BCUT2D eigenvalue weighted by Crippen LogP contribution is -2.37. The minimum Gasteiger partial charge on any atom is -0.493 e. The maximum atomic E-state index is 6.02. The Morgan fingerprint density at radius 3 is 2.68 bits per heavy atom. The molecule has 0 unspecified atom stereocenters. The van der Waals surface area contributed by atoms with Gasteiger partial charge in [-0.05, 0) is 37.8 Å². The summed E-state index contributed by atoms with van der Waals surface area (Å²) in [4.78, 5) is 4.31. The highest BCUT2D eigenvalue weighted by Crippen LogP contribution is 2.20. The smallest absolute Gasteiger partial charge is 0.191 e. The number of hydrogen-bond donors (Lipinski definition) is 2. The van der Waals surface area contributed by atoms with Gasteiger partial charge in [0.1, 0.15) is 18.4 Å². The van der Waals surface area contributed by atoms with Crippen LogP contribution in [0, 0.1) is 6.92 Å². The first-order valence-electron chi connectivity index (χ1n) is 10.2. The summed E-state index contributed by atoms with van der Waals surface area (Å²) in [6.07, 6.45) is 9.11. The highest BCUT2D eigenvalue weighted by atomic mass is 16.5. The summed E-state index contributed by atoms with van der Waals surface area (Å²) < 4.78 is 8.01. The first-order valence-corrected chi connectivity index (χ1v) is 10.2. The summed E-state index contributed by atoms with van der Waals surface area (Å²) in [5.74, 6) is 1.77. The molecular weight excluding hydrogens is 352 g/mol. The van der Waals surface area contributed by atoms with Gasteiger partial charge >= 0.3 is 0 Å². The van der Waals surface area contributed by atoms with Crippen molar-refractivity contribution in [3.05, 3.63) is 42.0 Å². The van der Waals surface area contributed by atoms with E-state index in [0.717, 1.165) is 56.2 Å².